The van der Waals surface area contributed by atoms with E-state index in [0.717, 1.165) is 26.1 Å². The summed E-state index contributed by atoms with van der Waals surface area (Å²) in [4.78, 5) is 10.6. The molecule has 2 radical (unpaired) electrons. The Bertz CT molecular complexity index is 212. The van der Waals surface area contributed by atoms with Gasteiger partial charge < -0.3 is 0 Å². The van der Waals surface area contributed by atoms with Crippen LogP contribution in [0.1, 0.15) is 142 Å². The van der Waals surface area contributed by atoms with Crippen LogP contribution in [0.4, 0.5) is 0 Å². The van der Waals surface area contributed by atoms with Crippen LogP contribution in [0.5, 0.6) is 0 Å². The molecule has 3 heteroatoms. The van der Waals surface area contributed by atoms with Gasteiger partial charge in [0, 0.05) is 48.9 Å². The molecule has 0 atom stereocenters. The van der Waals surface area contributed by atoms with Gasteiger partial charge in [-0.2, -0.15) is 0 Å². The molecule has 0 fully saturated rings. The molecule has 0 bridgehead atoms. The summed E-state index contributed by atoms with van der Waals surface area (Å²) < 4.78 is 0. The first kappa shape index (κ1) is 30.7. The molecule has 0 saturated heterocycles. The van der Waals surface area contributed by atoms with E-state index in [4.69, 9.17) is 9.78 Å². The molecule has 0 aromatic carbocycles. The topological polar surface area (TPSA) is 18.5 Å². The summed E-state index contributed by atoms with van der Waals surface area (Å²) in [7, 11) is 0. The fraction of sp³-hybridized carbons (Fsp3) is 1.00. The summed E-state index contributed by atoms with van der Waals surface area (Å²) in [6.07, 6.45) is 27.3. The number of hydrogen-bond donors (Lipinski definition) is 0. The zero-order chi connectivity index (χ0) is 19.0. The van der Waals surface area contributed by atoms with Crippen molar-refractivity contribution in [1.82, 2.24) is 0 Å². The average molecular weight is 508 g/mol. The molecule has 0 heterocycles. The van der Waals surface area contributed by atoms with Crippen molar-refractivity contribution in [3.63, 3.8) is 0 Å². The van der Waals surface area contributed by atoms with Crippen LogP contribution in [0.25, 0.3) is 0 Å². The van der Waals surface area contributed by atoms with Gasteiger partial charge >= 0.3 is 0 Å². The minimum atomic E-state index is 0. The van der Waals surface area contributed by atoms with Crippen LogP contribution in [-0.4, -0.2) is 62.1 Å². The minimum absolute atomic E-state index is 0. The maximum Gasteiger partial charge on any atom is 0.0822 e. The molecular formula is C24H50BaO2. The van der Waals surface area contributed by atoms with Crippen molar-refractivity contribution in [2.45, 2.75) is 142 Å². The standard InChI is InChI=1S/C24H50O2.Ba/c1-3-5-7-9-11-13-15-17-19-21-23-25-26-24-22-20-18-16-14-12-10-8-6-4-2;/h3-24H2,1-2H3;. The molecule has 0 aliphatic rings. The summed E-state index contributed by atoms with van der Waals surface area (Å²) in [5, 5.41) is 0. The van der Waals surface area contributed by atoms with Gasteiger partial charge in [-0.25, -0.2) is 9.78 Å². The van der Waals surface area contributed by atoms with Crippen LogP contribution < -0.4 is 0 Å². The molecule has 0 N–H and O–H groups in total. The van der Waals surface area contributed by atoms with Gasteiger partial charge in [-0.1, -0.05) is 129 Å². The molecule has 2 nitrogen and oxygen atoms in total. The van der Waals surface area contributed by atoms with Gasteiger partial charge in [0.1, 0.15) is 0 Å². The zero-order valence-corrected chi connectivity index (χ0v) is 23.5. The van der Waals surface area contributed by atoms with Gasteiger partial charge in [-0.15, -0.1) is 0 Å². The van der Waals surface area contributed by atoms with Crippen LogP contribution in [0.3, 0.4) is 0 Å². The van der Waals surface area contributed by atoms with E-state index in [9.17, 15) is 0 Å². The van der Waals surface area contributed by atoms with Gasteiger partial charge in [-0.3, -0.25) is 0 Å². The third kappa shape index (κ3) is 29.8. The van der Waals surface area contributed by atoms with Crippen molar-refractivity contribution in [1.29, 1.82) is 0 Å². The van der Waals surface area contributed by atoms with Crippen molar-refractivity contribution in [3.05, 3.63) is 0 Å². The molecular weight excluding hydrogens is 458 g/mol. The van der Waals surface area contributed by atoms with Crippen molar-refractivity contribution in [2.75, 3.05) is 13.2 Å². The van der Waals surface area contributed by atoms with Crippen molar-refractivity contribution in [3.8, 4) is 0 Å². The van der Waals surface area contributed by atoms with Gasteiger partial charge in [0.05, 0.1) is 13.2 Å². The normalized spacial score (nSPS) is 10.9. The van der Waals surface area contributed by atoms with Crippen LogP contribution in [0.2, 0.25) is 0 Å². The Labute approximate surface area is 212 Å². The average Bonchev–Trinajstić information content (AvgIpc) is 2.66. The first-order valence-electron chi connectivity index (χ1n) is 12.2. The molecule has 0 spiro atoms. The molecule has 27 heavy (non-hydrogen) atoms. The van der Waals surface area contributed by atoms with Gasteiger partial charge in [-0.05, 0) is 12.8 Å². The van der Waals surface area contributed by atoms with E-state index in [-0.39, 0.29) is 48.9 Å². The van der Waals surface area contributed by atoms with E-state index in [0.29, 0.717) is 0 Å². The largest absolute Gasteiger partial charge is 0.237 e. The van der Waals surface area contributed by atoms with E-state index in [2.05, 4.69) is 13.8 Å². The Balaban J connectivity index is 0. The molecule has 0 aromatic rings. The van der Waals surface area contributed by atoms with Gasteiger partial charge in [0.15, 0.2) is 0 Å². The number of rotatable bonds is 23. The second-order valence-electron chi connectivity index (χ2n) is 8.01. The first-order chi connectivity index (χ1) is 12.9. The van der Waals surface area contributed by atoms with Crippen molar-refractivity contribution >= 4 is 48.9 Å². The van der Waals surface area contributed by atoms with Gasteiger partial charge in [0.25, 0.3) is 0 Å². The quantitative estimate of drug-likeness (QED) is 0.0598. The maximum atomic E-state index is 5.29. The van der Waals surface area contributed by atoms with E-state index in [1.54, 1.807) is 0 Å². The molecule has 0 aliphatic carbocycles. The summed E-state index contributed by atoms with van der Waals surface area (Å²) in [6.45, 7) is 6.11. The molecule has 0 saturated carbocycles. The van der Waals surface area contributed by atoms with Gasteiger partial charge in [0.2, 0.25) is 0 Å². The second kappa shape index (κ2) is 29.7. The zero-order valence-electron chi connectivity index (χ0n) is 19.1. The third-order valence-electron chi connectivity index (χ3n) is 5.25. The maximum absolute atomic E-state index is 5.29. The van der Waals surface area contributed by atoms with Crippen molar-refractivity contribution in [2.24, 2.45) is 0 Å². The smallest absolute Gasteiger partial charge is 0.0822 e. The molecule has 0 amide bonds. The van der Waals surface area contributed by atoms with E-state index in [1.165, 1.54) is 116 Å². The molecule has 0 rings (SSSR count). The second-order valence-corrected chi connectivity index (χ2v) is 8.01. The number of unbranched alkanes of at least 4 members (excludes halogenated alkanes) is 18. The Hall–Kier alpha value is 1.49. The molecule has 0 aliphatic heterocycles. The fourth-order valence-electron chi connectivity index (χ4n) is 3.41. The third-order valence-corrected chi connectivity index (χ3v) is 5.25. The van der Waals surface area contributed by atoms with E-state index in [1.807, 2.05) is 0 Å². The Kier molecular flexibility index (Phi) is 33.7. The summed E-state index contributed by atoms with van der Waals surface area (Å²) in [5.74, 6) is 0. The first-order valence-corrected chi connectivity index (χ1v) is 12.2. The predicted molar refractivity (Wildman–Crippen MR) is 121 cm³/mol. The summed E-state index contributed by atoms with van der Waals surface area (Å²) >= 11 is 0. The van der Waals surface area contributed by atoms with Crippen LogP contribution in [-0.2, 0) is 9.78 Å². The van der Waals surface area contributed by atoms with E-state index >= 15 is 0 Å². The molecule has 0 unspecified atom stereocenters. The Morgan fingerprint density at radius 2 is 0.556 bits per heavy atom. The number of hydrogen-bond acceptors (Lipinski definition) is 2. The van der Waals surface area contributed by atoms with Crippen LogP contribution in [0, 0.1) is 0 Å². The minimum Gasteiger partial charge on any atom is -0.237 e. The predicted octanol–water partition coefficient (Wildman–Crippen LogP) is 8.40. The summed E-state index contributed by atoms with van der Waals surface area (Å²) in [6, 6.07) is 0. The SMILES string of the molecule is CCCCCCCCCCCCOOCCCCCCCCCCCC.[Ba]. The Morgan fingerprint density at radius 1 is 0.333 bits per heavy atom. The molecule has 160 valence electrons. The van der Waals surface area contributed by atoms with E-state index < -0.39 is 0 Å². The fourth-order valence-corrected chi connectivity index (χ4v) is 3.41. The monoisotopic (exact) mass is 508 g/mol. The van der Waals surface area contributed by atoms with Crippen LogP contribution in [0.15, 0.2) is 0 Å². The molecule has 0 aromatic heterocycles. The Morgan fingerprint density at radius 3 is 0.815 bits per heavy atom. The summed E-state index contributed by atoms with van der Waals surface area (Å²) in [5.41, 5.74) is 0. The van der Waals surface area contributed by atoms with Crippen LogP contribution >= 0.6 is 0 Å². The van der Waals surface area contributed by atoms with Crippen molar-refractivity contribution < 1.29 is 9.78 Å².